The molecular weight excluding hydrogens is 314 g/mol. The Labute approximate surface area is 138 Å². The predicted molar refractivity (Wildman–Crippen MR) is 86.9 cm³/mol. The first-order chi connectivity index (χ1) is 11.4. The molecule has 0 saturated carbocycles. The Morgan fingerprint density at radius 2 is 1.75 bits per heavy atom. The van der Waals surface area contributed by atoms with Gasteiger partial charge in [0.25, 0.3) is 5.91 Å². The lowest BCUT2D eigenvalue weighted by atomic mass is 10.1. The van der Waals surface area contributed by atoms with Gasteiger partial charge >= 0.3 is 5.97 Å². The summed E-state index contributed by atoms with van der Waals surface area (Å²) < 4.78 is 10.3. The summed E-state index contributed by atoms with van der Waals surface area (Å²) in [5.41, 5.74) is 0.895. The number of carbonyl (C=O) groups excluding carboxylic acids is 1. The van der Waals surface area contributed by atoms with Gasteiger partial charge < -0.3 is 25.0 Å². The number of carboxylic acid groups (broad SMARTS) is 1. The van der Waals surface area contributed by atoms with Crippen LogP contribution >= 0.6 is 0 Å². The van der Waals surface area contributed by atoms with Crippen LogP contribution in [0.3, 0.4) is 0 Å². The van der Waals surface area contributed by atoms with Crippen molar-refractivity contribution in [3.63, 3.8) is 0 Å². The Balaban J connectivity index is 2.24. The molecule has 0 aliphatic heterocycles. The highest BCUT2D eigenvalue weighted by Crippen LogP contribution is 2.29. The first kappa shape index (κ1) is 17.1. The summed E-state index contributed by atoms with van der Waals surface area (Å²) in [5, 5.41) is 21.2. The highest BCUT2D eigenvalue weighted by Gasteiger charge is 2.13. The Hall–Kier alpha value is -3.22. The van der Waals surface area contributed by atoms with E-state index in [0.717, 1.165) is 0 Å². The van der Waals surface area contributed by atoms with Crippen molar-refractivity contribution in [2.45, 2.75) is 6.42 Å². The van der Waals surface area contributed by atoms with Crippen molar-refractivity contribution >= 4 is 17.6 Å². The normalized spacial score (nSPS) is 10.1. The number of aliphatic carboxylic acids is 1. The molecule has 7 nitrogen and oxygen atoms in total. The van der Waals surface area contributed by atoms with Crippen LogP contribution in [-0.2, 0) is 11.2 Å². The van der Waals surface area contributed by atoms with Crippen molar-refractivity contribution in [1.82, 2.24) is 0 Å². The molecule has 2 aromatic carbocycles. The summed E-state index contributed by atoms with van der Waals surface area (Å²) in [5.74, 6) is -0.746. The lowest BCUT2D eigenvalue weighted by Gasteiger charge is -2.11. The van der Waals surface area contributed by atoms with E-state index >= 15 is 0 Å². The molecule has 2 aromatic rings. The molecule has 0 saturated heterocycles. The molecular formula is C17H17NO6. The SMILES string of the molecule is COc1ccc(C(=O)Nc2cc(CC(=O)O)ccc2O)cc1OC. The molecule has 0 atom stereocenters. The second-order valence-electron chi connectivity index (χ2n) is 4.95. The van der Waals surface area contributed by atoms with Crippen molar-refractivity contribution in [3.05, 3.63) is 47.5 Å². The zero-order chi connectivity index (χ0) is 17.7. The molecule has 0 radical (unpaired) electrons. The maximum absolute atomic E-state index is 12.3. The second kappa shape index (κ2) is 7.36. The maximum atomic E-state index is 12.3. The number of benzene rings is 2. The van der Waals surface area contributed by atoms with Gasteiger partial charge in [-0.3, -0.25) is 9.59 Å². The molecule has 0 aliphatic carbocycles. The lowest BCUT2D eigenvalue weighted by Crippen LogP contribution is -2.13. The van der Waals surface area contributed by atoms with Crippen LogP contribution in [0.5, 0.6) is 17.2 Å². The minimum atomic E-state index is -1.00. The maximum Gasteiger partial charge on any atom is 0.307 e. The largest absolute Gasteiger partial charge is 0.506 e. The van der Waals surface area contributed by atoms with Gasteiger partial charge in [-0.1, -0.05) is 6.07 Å². The number of aromatic hydroxyl groups is 1. The number of amides is 1. The minimum absolute atomic E-state index is 0.133. The molecule has 0 heterocycles. The van der Waals surface area contributed by atoms with Gasteiger partial charge in [-0.05, 0) is 35.9 Å². The Bertz CT molecular complexity index is 772. The van der Waals surface area contributed by atoms with E-state index in [0.29, 0.717) is 22.6 Å². The smallest absolute Gasteiger partial charge is 0.307 e. The van der Waals surface area contributed by atoms with Gasteiger partial charge in [0, 0.05) is 5.56 Å². The van der Waals surface area contributed by atoms with Crippen LogP contribution in [0.4, 0.5) is 5.69 Å². The van der Waals surface area contributed by atoms with Crippen LogP contribution in [0.25, 0.3) is 0 Å². The number of hydrogen-bond donors (Lipinski definition) is 3. The Morgan fingerprint density at radius 3 is 2.38 bits per heavy atom. The average molecular weight is 331 g/mol. The fraction of sp³-hybridized carbons (Fsp3) is 0.176. The third kappa shape index (κ3) is 3.95. The standard InChI is InChI=1S/C17H17NO6/c1-23-14-6-4-11(9-15(14)24-2)17(22)18-12-7-10(8-16(20)21)3-5-13(12)19/h3-7,9,19H,8H2,1-2H3,(H,18,22)(H,20,21). The number of phenols is 1. The quantitative estimate of drug-likeness (QED) is 0.702. The van der Waals surface area contributed by atoms with E-state index in [9.17, 15) is 14.7 Å². The fourth-order valence-corrected chi connectivity index (χ4v) is 2.14. The van der Waals surface area contributed by atoms with Crippen LogP contribution < -0.4 is 14.8 Å². The summed E-state index contributed by atoms with van der Waals surface area (Å²) in [6, 6.07) is 8.88. The van der Waals surface area contributed by atoms with Crippen molar-refractivity contribution in [2.75, 3.05) is 19.5 Å². The van der Waals surface area contributed by atoms with Crippen LogP contribution in [0.1, 0.15) is 15.9 Å². The number of carboxylic acids is 1. The predicted octanol–water partition coefficient (Wildman–Crippen LogP) is 2.29. The molecule has 1 amide bonds. The Morgan fingerprint density at radius 1 is 1.04 bits per heavy atom. The molecule has 0 unspecified atom stereocenters. The third-order valence-corrected chi connectivity index (χ3v) is 3.31. The van der Waals surface area contributed by atoms with Crippen molar-refractivity contribution in [2.24, 2.45) is 0 Å². The zero-order valence-electron chi connectivity index (χ0n) is 13.2. The first-order valence-electron chi connectivity index (χ1n) is 7.01. The molecule has 24 heavy (non-hydrogen) atoms. The number of methoxy groups -OCH3 is 2. The van der Waals surface area contributed by atoms with E-state index in [1.165, 1.54) is 38.5 Å². The Kier molecular flexibility index (Phi) is 5.26. The summed E-state index contributed by atoms with van der Waals surface area (Å²) in [6.45, 7) is 0. The van der Waals surface area contributed by atoms with E-state index in [4.69, 9.17) is 14.6 Å². The van der Waals surface area contributed by atoms with Gasteiger partial charge in [0.2, 0.25) is 0 Å². The van der Waals surface area contributed by atoms with E-state index in [1.54, 1.807) is 12.1 Å². The molecule has 2 rings (SSSR count). The summed E-state index contributed by atoms with van der Waals surface area (Å²) in [4.78, 5) is 23.1. The lowest BCUT2D eigenvalue weighted by molar-refractivity contribution is -0.136. The molecule has 0 bridgehead atoms. The van der Waals surface area contributed by atoms with E-state index in [2.05, 4.69) is 5.32 Å². The van der Waals surface area contributed by atoms with Gasteiger partial charge in [0.05, 0.1) is 26.3 Å². The van der Waals surface area contributed by atoms with Crippen LogP contribution in [-0.4, -0.2) is 36.3 Å². The number of ether oxygens (including phenoxy) is 2. The minimum Gasteiger partial charge on any atom is -0.506 e. The molecule has 0 aromatic heterocycles. The second-order valence-corrected chi connectivity index (χ2v) is 4.95. The number of carbonyl (C=O) groups is 2. The first-order valence-corrected chi connectivity index (χ1v) is 7.01. The molecule has 7 heteroatoms. The molecule has 0 aliphatic rings. The summed E-state index contributed by atoms with van der Waals surface area (Å²) >= 11 is 0. The van der Waals surface area contributed by atoms with Crippen molar-refractivity contribution in [3.8, 4) is 17.2 Å². The average Bonchev–Trinajstić information content (AvgIpc) is 2.56. The van der Waals surface area contributed by atoms with Crippen LogP contribution in [0.15, 0.2) is 36.4 Å². The van der Waals surface area contributed by atoms with E-state index in [1.807, 2.05) is 0 Å². The van der Waals surface area contributed by atoms with Crippen LogP contribution in [0.2, 0.25) is 0 Å². The fourth-order valence-electron chi connectivity index (χ4n) is 2.14. The van der Waals surface area contributed by atoms with Gasteiger partial charge in [0.15, 0.2) is 11.5 Å². The highest BCUT2D eigenvalue weighted by atomic mass is 16.5. The molecule has 0 fully saturated rings. The topological polar surface area (TPSA) is 105 Å². The summed E-state index contributed by atoms with van der Waals surface area (Å²) in [7, 11) is 2.95. The van der Waals surface area contributed by atoms with Crippen molar-refractivity contribution < 1.29 is 29.3 Å². The molecule has 3 N–H and O–H groups in total. The molecule has 126 valence electrons. The monoisotopic (exact) mass is 331 g/mol. The number of rotatable bonds is 6. The van der Waals surface area contributed by atoms with Gasteiger partial charge in [-0.15, -0.1) is 0 Å². The molecule has 0 spiro atoms. The van der Waals surface area contributed by atoms with Gasteiger partial charge in [-0.25, -0.2) is 0 Å². The third-order valence-electron chi connectivity index (χ3n) is 3.31. The van der Waals surface area contributed by atoms with E-state index in [-0.39, 0.29) is 17.9 Å². The number of phenolic OH excluding ortho intramolecular Hbond substituents is 1. The highest BCUT2D eigenvalue weighted by molar-refractivity contribution is 6.05. The van der Waals surface area contributed by atoms with Gasteiger partial charge in [-0.2, -0.15) is 0 Å². The van der Waals surface area contributed by atoms with Crippen molar-refractivity contribution in [1.29, 1.82) is 0 Å². The number of anilines is 1. The number of nitrogens with one attached hydrogen (secondary N) is 1. The number of hydrogen-bond acceptors (Lipinski definition) is 5. The zero-order valence-corrected chi connectivity index (χ0v) is 13.2. The van der Waals surface area contributed by atoms with E-state index < -0.39 is 11.9 Å². The van der Waals surface area contributed by atoms with Crippen LogP contribution in [0, 0.1) is 0 Å². The van der Waals surface area contributed by atoms with Gasteiger partial charge in [0.1, 0.15) is 5.75 Å². The summed E-state index contributed by atoms with van der Waals surface area (Å²) in [6.07, 6.45) is -0.209.